The smallest absolute Gasteiger partial charge is 0.119 e. The summed E-state index contributed by atoms with van der Waals surface area (Å²) in [6.45, 7) is 5.02. The summed E-state index contributed by atoms with van der Waals surface area (Å²) in [5, 5.41) is 0. The van der Waals surface area contributed by atoms with Gasteiger partial charge in [0.25, 0.3) is 0 Å². The quantitative estimate of drug-likeness (QED) is 0.602. The molecule has 0 aromatic heterocycles. The van der Waals surface area contributed by atoms with Gasteiger partial charge in [0, 0.05) is 0 Å². The van der Waals surface area contributed by atoms with E-state index in [9.17, 15) is 0 Å². The van der Waals surface area contributed by atoms with Gasteiger partial charge in [-0.15, -0.1) is 0 Å². The highest BCUT2D eigenvalue weighted by atomic mass is 16.5. The number of hydrogen-bond donors (Lipinski definition) is 0. The minimum atomic E-state index is 0.745. The predicted octanol–water partition coefficient (Wildman–Crippen LogP) is 5.72. The van der Waals surface area contributed by atoms with E-state index in [1.807, 2.05) is 6.92 Å². The van der Waals surface area contributed by atoms with Gasteiger partial charge in [-0.25, -0.2) is 0 Å². The van der Waals surface area contributed by atoms with Crippen molar-refractivity contribution in [1.29, 1.82) is 0 Å². The number of benzene rings is 1. The van der Waals surface area contributed by atoms with Crippen molar-refractivity contribution in [2.24, 2.45) is 5.92 Å². The zero-order valence-electron chi connectivity index (χ0n) is 13.0. The topological polar surface area (TPSA) is 9.23 Å². The van der Waals surface area contributed by atoms with Gasteiger partial charge in [0.2, 0.25) is 0 Å². The van der Waals surface area contributed by atoms with Gasteiger partial charge < -0.3 is 4.74 Å². The molecule has 1 aromatic carbocycles. The molecule has 0 atom stereocenters. The largest absolute Gasteiger partial charge is 0.494 e. The number of rotatable bonds is 6. The molecule has 0 radical (unpaired) electrons. The van der Waals surface area contributed by atoms with Gasteiger partial charge >= 0.3 is 0 Å². The zero-order chi connectivity index (χ0) is 14.2. The van der Waals surface area contributed by atoms with E-state index in [1.165, 1.54) is 44.1 Å². The average Bonchev–Trinajstić information content (AvgIpc) is 2.49. The molecule has 1 heteroatoms. The Bertz CT molecular complexity index is 396. The zero-order valence-corrected chi connectivity index (χ0v) is 13.0. The van der Waals surface area contributed by atoms with Crippen molar-refractivity contribution in [1.82, 2.24) is 0 Å². The fourth-order valence-corrected chi connectivity index (χ4v) is 3.10. The lowest BCUT2D eigenvalue weighted by atomic mass is 9.78. The standard InChI is InChI=1S/C19H28O/c1-3-5-6-7-16-8-10-17(11-9-16)18-12-14-19(15-13-18)20-4-2/h6-7,12-17H,3-5,8-11H2,1-2H3/b7-6+/t16-,17-. The van der Waals surface area contributed by atoms with Crippen molar-refractivity contribution in [3.63, 3.8) is 0 Å². The monoisotopic (exact) mass is 272 g/mol. The summed E-state index contributed by atoms with van der Waals surface area (Å²) in [4.78, 5) is 0. The Labute approximate surface area is 124 Å². The molecule has 0 bridgehead atoms. The molecular formula is C19H28O. The third-order valence-corrected chi connectivity index (χ3v) is 4.30. The van der Waals surface area contributed by atoms with Crippen LogP contribution in [0.1, 0.15) is 63.9 Å². The first kappa shape index (κ1) is 15.2. The molecule has 0 N–H and O–H groups in total. The van der Waals surface area contributed by atoms with Crippen LogP contribution in [-0.2, 0) is 0 Å². The Morgan fingerprint density at radius 1 is 1.05 bits per heavy atom. The second kappa shape index (κ2) is 8.14. The van der Waals surface area contributed by atoms with Crippen molar-refractivity contribution in [3.8, 4) is 5.75 Å². The summed E-state index contributed by atoms with van der Waals surface area (Å²) in [6, 6.07) is 8.74. The summed E-state index contributed by atoms with van der Waals surface area (Å²) in [5.74, 6) is 2.56. The van der Waals surface area contributed by atoms with Crippen molar-refractivity contribution < 1.29 is 4.74 Å². The van der Waals surface area contributed by atoms with Crippen LogP contribution in [0.15, 0.2) is 36.4 Å². The van der Waals surface area contributed by atoms with Gasteiger partial charge in [0.15, 0.2) is 0 Å². The first-order valence-electron chi connectivity index (χ1n) is 8.22. The normalized spacial score (nSPS) is 23.1. The molecule has 2 rings (SSSR count). The summed E-state index contributed by atoms with van der Waals surface area (Å²) >= 11 is 0. The lowest BCUT2D eigenvalue weighted by Crippen LogP contribution is -2.11. The van der Waals surface area contributed by atoms with E-state index in [4.69, 9.17) is 4.74 Å². The highest BCUT2D eigenvalue weighted by molar-refractivity contribution is 5.29. The predicted molar refractivity (Wildman–Crippen MR) is 86.4 cm³/mol. The fourth-order valence-electron chi connectivity index (χ4n) is 3.10. The Kier molecular flexibility index (Phi) is 6.17. The van der Waals surface area contributed by atoms with Crippen LogP contribution in [0.2, 0.25) is 0 Å². The van der Waals surface area contributed by atoms with E-state index >= 15 is 0 Å². The summed E-state index contributed by atoms with van der Waals surface area (Å²) < 4.78 is 5.51. The molecule has 0 unspecified atom stereocenters. The highest BCUT2D eigenvalue weighted by Crippen LogP contribution is 2.36. The van der Waals surface area contributed by atoms with Gasteiger partial charge in [0.1, 0.15) is 5.75 Å². The number of ether oxygens (including phenoxy) is 1. The molecule has 0 heterocycles. The first-order chi connectivity index (χ1) is 9.83. The van der Waals surface area contributed by atoms with Crippen LogP contribution in [-0.4, -0.2) is 6.61 Å². The molecular weight excluding hydrogens is 244 g/mol. The Morgan fingerprint density at radius 3 is 2.35 bits per heavy atom. The van der Waals surface area contributed by atoms with Crippen molar-refractivity contribution >= 4 is 0 Å². The van der Waals surface area contributed by atoms with Crippen LogP contribution < -0.4 is 4.74 Å². The molecule has 1 aromatic rings. The van der Waals surface area contributed by atoms with E-state index in [0.29, 0.717) is 0 Å². The Balaban J connectivity index is 1.83. The fraction of sp³-hybridized carbons (Fsp3) is 0.579. The second-order valence-electron chi connectivity index (χ2n) is 5.83. The van der Waals surface area contributed by atoms with Crippen molar-refractivity contribution in [2.45, 2.75) is 58.3 Å². The van der Waals surface area contributed by atoms with Crippen LogP contribution in [0, 0.1) is 5.92 Å². The summed E-state index contributed by atoms with van der Waals surface area (Å²) in [7, 11) is 0. The molecule has 0 saturated heterocycles. The van der Waals surface area contributed by atoms with Gasteiger partial charge in [0.05, 0.1) is 6.61 Å². The van der Waals surface area contributed by atoms with Gasteiger partial charge in [-0.2, -0.15) is 0 Å². The summed E-state index contributed by atoms with van der Waals surface area (Å²) in [5.41, 5.74) is 1.49. The number of unbranched alkanes of at least 4 members (excludes halogenated alkanes) is 1. The van der Waals surface area contributed by atoms with Crippen LogP contribution in [0.3, 0.4) is 0 Å². The maximum atomic E-state index is 5.51. The molecule has 0 aliphatic heterocycles. The minimum Gasteiger partial charge on any atom is -0.494 e. The van der Waals surface area contributed by atoms with Crippen LogP contribution in [0.4, 0.5) is 0 Å². The van der Waals surface area contributed by atoms with E-state index in [1.54, 1.807) is 0 Å². The maximum Gasteiger partial charge on any atom is 0.119 e. The molecule has 110 valence electrons. The molecule has 1 aliphatic carbocycles. The molecule has 1 aliphatic rings. The Hall–Kier alpha value is -1.24. The van der Waals surface area contributed by atoms with E-state index < -0.39 is 0 Å². The molecule has 1 nitrogen and oxygen atoms in total. The van der Waals surface area contributed by atoms with E-state index in [0.717, 1.165) is 24.2 Å². The highest BCUT2D eigenvalue weighted by Gasteiger charge is 2.20. The number of allylic oxidation sites excluding steroid dienone is 2. The molecule has 20 heavy (non-hydrogen) atoms. The van der Waals surface area contributed by atoms with Gasteiger partial charge in [-0.1, -0.05) is 37.6 Å². The number of hydrogen-bond acceptors (Lipinski definition) is 1. The summed E-state index contributed by atoms with van der Waals surface area (Å²) in [6.07, 6.45) is 12.7. The Morgan fingerprint density at radius 2 is 1.75 bits per heavy atom. The molecule has 0 amide bonds. The third kappa shape index (κ3) is 4.40. The first-order valence-corrected chi connectivity index (χ1v) is 8.22. The van der Waals surface area contributed by atoms with Crippen LogP contribution in [0.5, 0.6) is 5.75 Å². The molecule has 0 spiro atoms. The van der Waals surface area contributed by atoms with Gasteiger partial charge in [-0.05, 0) is 68.6 Å². The SMILES string of the molecule is CCC/C=C/[C@H]1CC[C@H](c2ccc(OCC)cc2)CC1. The lowest BCUT2D eigenvalue weighted by Gasteiger charge is -2.27. The second-order valence-corrected chi connectivity index (χ2v) is 5.83. The van der Waals surface area contributed by atoms with Crippen molar-refractivity contribution in [2.75, 3.05) is 6.61 Å². The maximum absolute atomic E-state index is 5.51. The average molecular weight is 272 g/mol. The van der Waals surface area contributed by atoms with Crippen molar-refractivity contribution in [3.05, 3.63) is 42.0 Å². The van der Waals surface area contributed by atoms with Gasteiger partial charge in [-0.3, -0.25) is 0 Å². The van der Waals surface area contributed by atoms with E-state index in [-0.39, 0.29) is 0 Å². The van der Waals surface area contributed by atoms with E-state index in [2.05, 4.69) is 43.3 Å². The molecule has 1 fully saturated rings. The molecule has 1 saturated carbocycles. The van der Waals surface area contributed by atoms with Crippen LogP contribution in [0.25, 0.3) is 0 Å². The minimum absolute atomic E-state index is 0.745. The van der Waals surface area contributed by atoms with Crippen LogP contribution >= 0.6 is 0 Å². The third-order valence-electron chi connectivity index (χ3n) is 4.30. The lowest BCUT2D eigenvalue weighted by molar-refractivity contribution is 0.339.